The summed E-state index contributed by atoms with van der Waals surface area (Å²) in [5.74, 6) is -5.90. The second-order valence-electron chi connectivity index (χ2n) is 21.8. The van der Waals surface area contributed by atoms with Crippen molar-refractivity contribution in [2.75, 3.05) is 0 Å². The summed E-state index contributed by atoms with van der Waals surface area (Å²) in [5, 5.41) is 37.5. The summed E-state index contributed by atoms with van der Waals surface area (Å²) in [5.41, 5.74) is -21.0. The van der Waals surface area contributed by atoms with Gasteiger partial charge in [0.05, 0.1) is 84.2 Å². The zero-order valence-corrected chi connectivity index (χ0v) is 53.9. The number of aliphatic carboxylic acids is 3. The first-order chi connectivity index (χ1) is 46.7. The molecule has 0 bridgehead atoms. The number of carboxylic acids is 3. The molecular formula is C69H36BiF27O6. The van der Waals surface area contributed by atoms with E-state index < -0.39 is 140 Å². The molecule has 9 aromatic rings. The number of alkyl halides is 27. The van der Waals surface area contributed by atoms with Gasteiger partial charge in [-0.3, -0.25) is 0 Å². The summed E-state index contributed by atoms with van der Waals surface area (Å²) in [6.07, 6.45) is -43.0. The van der Waals surface area contributed by atoms with Crippen LogP contribution >= 0.6 is 0 Å². The van der Waals surface area contributed by atoms with Crippen LogP contribution in [0.15, 0.2) is 218 Å². The van der Waals surface area contributed by atoms with E-state index in [-0.39, 0.29) is 76.3 Å². The van der Waals surface area contributed by atoms with Gasteiger partial charge in [-0.2, -0.15) is 119 Å². The predicted molar refractivity (Wildman–Crippen MR) is 303 cm³/mol. The van der Waals surface area contributed by atoms with Crippen molar-refractivity contribution in [2.24, 2.45) is 0 Å². The van der Waals surface area contributed by atoms with Gasteiger partial charge in [0, 0.05) is 0 Å². The Morgan fingerprint density at radius 3 is 0.262 bits per heavy atom. The van der Waals surface area contributed by atoms with Gasteiger partial charge < -0.3 is 29.7 Å². The van der Waals surface area contributed by atoms with E-state index in [1.54, 1.807) is 0 Å². The summed E-state index contributed by atoms with van der Waals surface area (Å²) in [6, 6.07) is 24.2. The Morgan fingerprint density at radius 1 is 0.155 bits per heavy atom. The first-order valence-corrected chi connectivity index (χ1v) is 28.0. The Morgan fingerprint density at radius 2 is 0.214 bits per heavy atom. The summed E-state index contributed by atoms with van der Waals surface area (Å²) in [7, 11) is 0. The van der Waals surface area contributed by atoms with Crippen LogP contribution in [-0.2, 0) is 86.2 Å². The van der Waals surface area contributed by atoms with Gasteiger partial charge in [0.15, 0.2) is 0 Å². The molecule has 0 fully saturated rings. The van der Waals surface area contributed by atoms with Crippen LogP contribution in [0.1, 0.15) is 100 Å². The molecule has 0 aliphatic rings. The van der Waals surface area contributed by atoms with Crippen LogP contribution in [0, 0.1) is 0 Å². The molecule has 0 saturated carbocycles. The second-order valence-corrected chi connectivity index (χ2v) is 21.8. The Bertz CT molecular complexity index is 3510. The molecule has 2 radical (unpaired) electrons. The molecule has 0 N–H and O–H groups in total. The first-order valence-electron chi connectivity index (χ1n) is 28.0. The molecule has 0 unspecified atom stereocenters. The number of carboxylic acid groups (broad SMARTS) is 3. The van der Waals surface area contributed by atoms with E-state index in [2.05, 4.69) is 0 Å². The van der Waals surface area contributed by atoms with Crippen LogP contribution in [-0.4, -0.2) is 44.1 Å². The van der Waals surface area contributed by atoms with Crippen molar-refractivity contribution in [3.8, 4) is 0 Å². The number of carbonyl (C=O) groups excluding carboxylic acids is 3. The zero-order chi connectivity index (χ0) is 76.6. The molecule has 9 rings (SSSR count). The number of rotatable bonds is 12. The fourth-order valence-corrected chi connectivity index (χ4v) is 10.7. The third-order valence-electron chi connectivity index (χ3n) is 15.7. The fourth-order valence-electron chi connectivity index (χ4n) is 10.7. The number of hydrogen-bond donors (Lipinski definition) is 0. The van der Waals surface area contributed by atoms with Crippen LogP contribution in [0.4, 0.5) is 119 Å². The molecule has 0 heterocycles. The zero-order valence-electron chi connectivity index (χ0n) is 50.4. The van der Waals surface area contributed by atoms with E-state index in [4.69, 9.17) is 0 Å². The van der Waals surface area contributed by atoms with Crippen LogP contribution in [0.5, 0.6) is 0 Å². The van der Waals surface area contributed by atoms with Crippen molar-refractivity contribution >= 4 is 44.1 Å². The first kappa shape index (κ1) is 82.3. The van der Waals surface area contributed by atoms with Crippen molar-refractivity contribution in [1.82, 2.24) is 0 Å². The van der Waals surface area contributed by atoms with E-state index in [9.17, 15) is 148 Å². The molecule has 6 nitrogen and oxygen atoms in total. The van der Waals surface area contributed by atoms with Gasteiger partial charge >= 0.3 is 81.8 Å². The maximum atomic E-state index is 13.0. The van der Waals surface area contributed by atoms with Crippen molar-refractivity contribution in [1.29, 1.82) is 0 Å². The van der Waals surface area contributed by atoms with Gasteiger partial charge in [0.1, 0.15) is 0 Å². The Hall–Kier alpha value is -9.62. The molecule has 0 amide bonds. The molecule has 103 heavy (non-hydrogen) atoms. The molecular weight excluding hydrogens is 1650 g/mol. The standard InChI is InChI=1S/3C23H13F9O2.Bi/c3*24-21(25,26)16-7-1-13(2-8-16)20(19(33)34,14-3-9-17(10-4-14)22(27,28)29)15-5-11-18(12-6-15)23(30,31)32;/h3*1-12H,(H,33,34);/q;;;+3/p-3. The Kier molecular flexibility index (Phi) is 23.7. The molecule has 0 atom stereocenters. The second kappa shape index (κ2) is 29.6. The Labute approximate surface area is 580 Å². The van der Waals surface area contributed by atoms with Gasteiger partial charge in [0.25, 0.3) is 0 Å². The minimum absolute atomic E-state index is 0. The predicted octanol–water partition coefficient (Wildman–Crippen LogP) is 17.1. The van der Waals surface area contributed by atoms with Gasteiger partial charge in [-0.15, -0.1) is 0 Å². The minimum Gasteiger partial charge on any atom is -0.548 e. The fraction of sp³-hybridized carbons (Fsp3) is 0.174. The van der Waals surface area contributed by atoms with E-state index in [0.29, 0.717) is 109 Å². The van der Waals surface area contributed by atoms with Crippen LogP contribution < -0.4 is 15.3 Å². The average Bonchev–Trinajstić information content (AvgIpc) is 0.750. The molecule has 0 spiro atoms. The Balaban J connectivity index is 0.000000241. The number of benzene rings is 9. The number of carbonyl (C=O) groups is 3. The van der Waals surface area contributed by atoms with Crippen LogP contribution in [0.3, 0.4) is 0 Å². The normalized spacial score (nSPS) is 13.0. The summed E-state index contributed by atoms with van der Waals surface area (Å²) >= 11 is 0. The maximum absolute atomic E-state index is 13.0. The molecule has 9 aromatic carbocycles. The molecule has 0 saturated heterocycles. The van der Waals surface area contributed by atoms with Gasteiger partial charge in [-0.05, 0) is 159 Å². The molecule has 542 valence electrons. The molecule has 34 heteroatoms. The van der Waals surface area contributed by atoms with Gasteiger partial charge in [-0.1, -0.05) is 109 Å². The van der Waals surface area contributed by atoms with E-state index in [1.165, 1.54) is 0 Å². The van der Waals surface area contributed by atoms with E-state index in [0.717, 1.165) is 109 Å². The third kappa shape index (κ3) is 17.7. The monoisotopic (exact) mass is 1680 g/mol. The van der Waals surface area contributed by atoms with Crippen LogP contribution in [0.2, 0.25) is 0 Å². The molecule has 0 aromatic heterocycles. The quantitative estimate of drug-likeness (QED) is 0.0682. The average molecular weight is 1680 g/mol. The summed E-state index contributed by atoms with van der Waals surface area (Å²) in [4.78, 5) is 37.5. The van der Waals surface area contributed by atoms with Crippen molar-refractivity contribution < 1.29 is 148 Å². The number of hydrogen-bond acceptors (Lipinski definition) is 6. The van der Waals surface area contributed by atoms with Gasteiger partial charge in [0.2, 0.25) is 0 Å². The van der Waals surface area contributed by atoms with Crippen LogP contribution in [0.25, 0.3) is 0 Å². The largest absolute Gasteiger partial charge is 3.00 e. The van der Waals surface area contributed by atoms with Crippen molar-refractivity contribution in [2.45, 2.75) is 71.8 Å². The van der Waals surface area contributed by atoms with E-state index >= 15 is 0 Å². The molecule has 0 aliphatic heterocycles. The third-order valence-corrected chi connectivity index (χ3v) is 15.7. The topological polar surface area (TPSA) is 120 Å². The van der Waals surface area contributed by atoms with Crippen molar-refractivity contribution in [3.63, 3.8) is 0 Å². The van der Waals surface area contributed by atoms with E-state index in [1.807, 2.05) is 0 Å². The summed E-state index contributed by atoms with van der Waals surface area (Å²) < 4.78 is 351. The smallest absolute Gasteiger partial charge is 0.548 e. The van der Waals surface area contributed by atoms with Crippen molar-refractivity contribution in [3.05, 3.63) is 319 Å². The maximum Gasteiger partial charge on any atom is 3.00 e. The minimum atomic E-state index is -4.77. The SMILES string of the molecule is O=C([O-])C(c1ccc(C(F)(F)F)cc1)(c1ccc(C(F)(F)F)cc1)c1ccc(C(F)(F)F)cc1.O=C([O-])C(c1ccc(C(F)(F)F)cc1)(c1ccc(C(F)(F)F)cc1)c1ccc(C(F)(F)F)cc1.O=C([O-])C(c1ccc(C(F)(F)F)cc1)(c1ccc(C(F)(F)F)cc1)c1ccc(C(F)(F)F)cc1.[Bi+3]. The number of halogens is 27. The summed E-state index contributed by atoms with van der Waals surface area (Å²) in [6.45, 7) is 0. The van der Waals surface area contributed by atoms with Gasteiger partial charge in [-0.25, -0.2) is 0 Å². The molecule has 0 aliphatic carbocycles.